The highest BCUT2D eigenvalue weighted by Gasteiger charge is 2.30. The Labute approximate surface area is 180 Å². The summed E-state index contributed by atoms with van der Waals surface area (Å²) in [4.78, 5) is 36.3. The molecule has 2 aromatic rings. The minimum Gasteiger partial charge on any atom is -0.484 e. The maximum absolute atomic E-state index is 12.2. The van der Waals surface area contributed by atoms with Gasteiger partial charge in [-0.3, -0.25) is 9.59 Å². The summed E-state index contributed by atoms with van der Waals surface area (Å²) in [5.74, 6) is -0.644. The van der Waals surface area contributed by atoms with Crippen LogP contribution in [-0.4, -0.2) is 31.5 Å². The number of hydrogen-bond donors (Lipinski definition) is 2. The van der Waals surface area contributed by atoms with Crippen LogP contribution in [0.25, 0.3) is 6.08 Å². The van der Waals surface area contributed by atoms with Crippen molar-refractivity contribution < 1.29 is 23.9 Å². The molecule has 0 fully saturated rings. The van der Waals surface area contributed by atoms with E-state index in [2.05, 4.69) is 10.6 Å². The molecule has 2 N–H and O–H groups in total. The zero-order chi connectivity index (χ0) is 22.4. The lowest BCUT2D eigenvalue weighted by atomic mass is 10.0. The lowest BCUT2D eigenvalue weighted by Gasteiger charge is -2.14. The molecular formula is C24H24N2O5. The highest BCUT2D eigenvalue weighted by atomic mass is 16.5. The number of allylic oxidation sites excluding steroid dienone is 1. The number of carbonyl (C=O) groups is 3. The number of methoxy groups -OCH3 is 1. The van der Waals surface area contributed by atoms with Crippen molar-refractivity contribution in [2.45, 2.75) is 19.9 Å². The summed E-state index contributed by atoms with van der Waals surface area (Å²) in [6.07, 6.45) is 1.61. The van der Waals surface area contributed by atoms with Gasteiger partial charge in [0.1, 0.15) is 5.75 Å². The SMILES string of the molecule is COC(=O)C1=C(C)NC(=O)/C1=C\c1ccc(OCC(=O)N[C@@H](C)c2ccccc2)cc1. The number of hydrogen-bond acceptors (Lipinski definition) is 5. The van der Waals surface area contributed by atoms with E-state index >= 15 is 0 Å². The van der Waals surface area contributed by atoms with Gasteiger partial charge >= 0.3 is 5.97 Å². The van der Waals surface area contributed by atoms with Crippen LogP contribution >= 0.6 is 0 Å². The van der Waals surface area contributed by atoms with Crippen LogP contribution in [0.4, 0.5) is 0 Å². The van der Waals surface area contributed by atoms with Crippen molar-refractivity contribution in [1.29, 1.82) is 0 Å². The minimum absolute atomic E-state index is 0.117. The molecule has 0 saturated carbocycles. The zero-order valence-corrected chi connectivity index (χ0v) is 17.6. The third-order valence-electron chi connectivity index (χ3n) is 4.82. The van der Waals surface area contributed by atoms with Gasteiger partial charge in [-0.15, -0.1) is 0 Å². The Kier molecular flexibility index (Phi) is 6.87. The molecule has 0 radical (unpaired) electrons. The molecule has 2 aromatic carbocycles. The number of amides is 2. The summed E-state index contributed by atoms with van der Waals surface area (Å²) in [5, 5.41) is 5.52. The number of carbonyl (C=O) groups excluding carboxylic acids is 3. The Morgan fingerprint density at radius 2 is 1.77 bits per heavy atom. The number of nitrogens with one attached hydrogen (secondary N) is 2. The molecule has 0 bridgehead atoms. The van der Waals surface area contributed by atoms with E-state index in [9.17, 15) is 14.4 Å². The molecule has 0 spiro atoms. The predicted octanol–water partition coefficient (Wildman–Crippen LogP) is 2.90. The van der Waals surface area contributed by atoms with Crippen LogP contribution in [-0.2, 0) is 19.1 Å². The molecule has 0 aliphatic carbocycles. The largest absolute Gasteiger partial charge is 0.484 e. The topological polar surface area (TPSA) is 93.7 Å². The first-order chi connectivity index (χ1) is 14.9. The molecule has 1 aliphatic heterocycles. The van der Waals surface area contributed by atoms with Gasteiger partial charge in [0, 0.05) is 5.70 Å². The van der Waals surface area contributed by atoms with Crippen molar-refractivity contribution in [3.05, 3.63) is 82.6 Å². The van der Waals surface area contributed by atoms with E-state index in [1.165, 1.54) is 7.11 Å². The molecule has 7 heteroatoms. The highest BCUT2D eigenvalue weighted by molar-refractivity contribution is 6.16. The van der Waals surface area contributed by atoms with Gasteiger partial charge in [0.2, 0.25) is 0 Å². The molecular weight excluding hydrogens is 396 g/mol. The van der Waals surface area contributed by atoms with Gasteiger partial charge in [-0.2, -0.15) is 0 Å². The summed E-state index contributed by atoms with van der Waals surface area (Å²) in [6, 6.07) is 16.4. The van der Waals surface area contributed by atoms with Crippen molar-refractivity contribution in [2.75, 3.05) is 13.7 Å². The third-order valence-corrected chi connectivity index (χ3v) is 4.82. The minimum atomic E-state index is -0.571. The lowest BCUT2D eigenvalue weighted by Crippen LogP contribution is -2.31. The molecule has 1 aliphatic rings. The highest BCUT2D eigenvalue weighted by Crippen LogP contribution is 2.25. The normalized spacial score (nSPS) is 15.5. The van der Waals surface area contributed by atoms with E-state index in [0.29, 0.717) is 17.0 Å². The lowest BCUT2D eigenvalue weighted by molar-refractivity contribution is -0.136. The molecule has 0 saturated heterocycles. The maximum Gasteiger partial charge on any atom is 0.340 e. The quantitative estimate of drug-likeness (QED) is 0.531. The summed E-state index contributed by atoms with van der Waals surface area (Å²) >= 11 is 0. The molecule has 160 valence electrons. The third kappa shape index (κ3) is 5.39. The van der Waals surface area contributed by atoms with Crippen molar-refractivity contribution in [3.8, 4) is 5.75 Å². The van der Waals surface area contributed by atoms with Crippen LogP contribution < -0.4 is 15.4 Å². The number of esters is 1. The van der Waals surface area contributed by atoms with Gasteiger partial charge in [0.15, 0.2) is 6.61 Å². The van der Waals surface area contributed by atoms with E-state index in [0.717, 1.165) is 5.56 Å². The predicted molar refractivity (Wildman–Crippen MR) is 116 cm³/mol. The summed E-state index contributed by atoms with van der Waals surface area (Å²) in [6.45, 7) is 3.44. The molecule has 31 heavy (non-hydrogen) atoms. The smallest absolute Gasteiger partial charge is 0.340 e. The van der Waals surface area contributed by atoms with Gasteiger partial charge in [0.25, 0.3) is 11.8 Å². The summed E-state index contributed by atoms with van der Waals surface area (Å²) < 4.78 is 10.3. The van der Waals surface area contributed by atoms with E-state index in [1.54, 1.807) is 37.3 Å². The molecule has 1 heterocycles. The molecule has 3 rings (SSSR count). The Balaban J connectivity index is 1.60. The molecule has 0 unspecified atom stereocenters. The first kappa shape index (κ1) is 21.8. The first-order valence-electron chi connectivity index (χ1n) is 9.79. The van der Waals surface area contributed by atoms with Gasteiger partial charge in [-0.1, -0.05) is 42.5 Å². The van der Waals surface area contributed by atoms with Crippen LogP contribution in [0.1, 0.15) is 31.0 Å². The van der Waals surface area contributed by atoms with Gasteiger partial charge in [0.05, 0.1) is 24.3 Å². The molecule has 2 amide bonds. The maximum atomic E-state index is 12.2. The van der Waals surface area contributed by atoms with Gasteiger partial charge < -0.3 is 20.1 Å². The summed E-state index contributed by atoms with van der Waals surface area (Å²) in [5.41, 5.74) is 2.64. The Morgan fingerprint density at radius 1 is 1.10 bits per heavy atom. The number of rotatable bonds is 7. The van der Waals surface area contributed by atoms with Crippen molar-refractivity contribution >= 4 is 23.9 Å². The summed E-state index contributed by atoms with van der Waals surface area (Å²) in [7, 11) is 1.27. The van der Waals surface area contributed by atoms with E-state index in [1.807, 2.05) is 37.3 Å². The van der Waals surface area contributed by atoms with Crippen molar-refractivity contribution in [3.63, 3.8) is 0 Å². The molecule has 7 nitrogen and oxygen atoms in total. The fraction of sp³-hybridized carbons (Fsp3) is 0.208. The zero-order valence-electron chi connectivity index (χ0n) is 17.6. The van der Waals surface area contributed by atoms with Crippen LogP contribution in [0.15, 0.2) is 71.4 Å². The second kappa shape index (κ2) is 9.75. The van der Waals surface area contributed by atoms with E-state index < -0.39 is 5.97 Å². The van der Waals surface area contributed by atoms with Crippen LogP contribution in [0.5, 0.6) is 5.75 Å². The van der Waals surface area contributed by atoms with Crippen molar-refractivity contribution in [1.82, 2.24) is 10.6 Å². The van der Waals surface area contributed by atoms with Crippen LogP contribution in [0, 0.1) is 0 Å². The average Bonchev–Trinajstić information content (AvgIpc) is 3.06. The average molecular weight is 420 g/mol. The fourth-order valence-corrected chi connectivity index (χ4v) is 3.20. The second-order valence-electron chi connectivity index (χ2n) is 7.06. The fourth-order valence-electron chi connectivity index (χ4n) is 3.20. The monoisotopic (exact) mass is 420 g/mol. The van der Waals surface area contributed by atoms with E-state index in [-0.39, 0.29) is 35.6 Å². The van der Waals surface area contributed by atoms with Crippen LogP contribution in [0.2, 0.25) is 0 Å². The first-order valence-corrected chi connectivity index (χ1v) is 9.79. The Bertz CT molecular complexity index is 1040. The van der Waals surface area contributed by atoms with Crippen molar-refractivity contribution in [2.24, 2.45) is 0 Å². The second-order valence-corrected chi connectivity index (χ2v) is 7.06. The standard InChI is InChI=1S/C24H24N2O5/c1-15(18-7-5-4-6-8-18)25-21(27)14-31-19-11-9-17(10-12-19)13-20-22(24(29)30-3)16(2)26-23(20)28/h4-13,15H,14H2,1-3H3,(H,25,27)(H,26,28)/b20-13-/t15-/m0/s1. The Hall–Kier alpha value is -3.87. The van der Waals surface area contributed by atoms with E-state index in [4.69, 9.17) is 9.47 Å². The molecule has 0 aromatic heterocycles. The van der Waals surface area contributed by atoms with Crippen LogP contribution in [0.3, 0.4) is 0 Å². The van der Waals surface area contributed by atoms with Gasteiger partial charge in [-0.05, 0) is 43.2 Å². The van der Waals surface area contributed by atoms with Gasteiger partial charge in [-0.25, -0.2) is 4.79 Å². The number of ether oxygens (including phenoxy) is 2. The Morgan fingerprint density at radius 3 is 2.42 bits per heavy atom. The number of benzene rings is 2. The molecule has 1 atom stereocenters.